The van der Waals surface area contributed by atoms with Gasteiger partial charge in [0.1, 0.15) is 17.1 Å². The molecule has 0 bridgehead atoms. The average molecular weight is 384 g/mol. The van der Waals surface area contributed by atoms with E-state index < -0.39 is 11.9 Å². The van der Waals surface area contributed by atoms with Crippen LogP contribution in [0.2, 0.25) is 0 Å². The van der Waals surface area contributed by atoms with Crippen molar-refractivity contribution in [3.05, 3.63) is 58.7 Å². The summed E-state index contributed by atoms with van der Waals surface area (Å²) < 4.78 is 10.1. The molecule has 2 aromatic carbocycles. The summed E-state index contributed by atoms with van der Waals surface area (Å²) in [7, 11) is 1.30. The molecule has 0 aromatic heterocycles. The summed E-state index contributed by atoms with van der Waals surface area (Å²) in [5.41, 5.74) is 1.55. The third-order valence-electron chi connectivity index (χ3n) is 4.49. The number of aromatic hydroxyl groups is 1. The van der Waals surface area contributed by atoms with Crippen molar-refractivity contribution >= 4 is 11.9 Å². The van der Waals surface area contributed by atoms with Crippen molar-refractivity contribution in [1.82, 2.24) is 0 Å². The molecule has 2 aromatic rings. The normalized spacial score (nSPS) is 11.8. The van der Waals surface area contributed by atoms with Crippen LogP contribution in [-0.4, -0.2) is 24.2 Å². The Morgan fingerprint density at radius 2 is 1.43 bits per heavy atom. The molecule has 0 spiro atoms. The Kier molecular flexibility index (Phi) is 5.88. The number of ether oxygens (including phenoxy) is 2. The first-order chi connectivity index (χ1) is 12.8. The van der Waals surface area contributed by atoms with Gasteiger partial charge < -0.3 is 14.6 Å². The lowest BCUT2D eigenvalue weighted by Gasteiger charge is -2.27. The van der Waals surface area contributed by atoms with Crippen molar-refractivity contribution in [1.29, 1.82) is 0 Å². The largest absolute Gasteiger partial charge is 0.507 e. The number of rotatable bonds is 3. The summed E-state index contributed by atoms with van der Waals surface area (Å²) >= 11 is 0. The minimum Gasteiger partial charge on any atom is -0.507 e. The maximum atomic E-state index is 12.8. The van der Waals surface area contributed by atoms with Crippen LogP contribution in [0.1, 0.15) is 73.4 Å². The second-order valence-corrected chi connectivity index (χ2v) is 8.83. The molecule has 0 radical (unpaired) electrons. The van der Waals surface area contributed by atoms with Crippen LogP contribution in [0.3, 0.4) is 0 Å². The number of carbonyl (C=O) groups is 2. The van der Waals surface area contributed by atoms with Gasteiger partial charge in [-0.1, -0.05) is 47.6 Å². The predicted octanol–water partition coefficient (Wildman–Crippen LogP) is 4.99. The van der Waals surface area contributed by atoms with E-state index in [-0.39, 0.29) is 27.9 Å². The first-order valence-corrected chi connectivity index (χ1v) is 9.13. The molecule has 5 nitrogen and oxygen atoms in total. The van der Waals surface area contributed by atoms with Gasteiger partial charge in [0.05, 0.1) is 12.7 Å². The molecule has 28 heavy (non-hydrogen) atoms. The number of esters is 2. The van der Waals surface area contributed by atoms with Gasteiger partial charge in [-0.15, -0.1) is 0 Å². The zero-order chi connectivity index (χ0) is 21.3. The number of benzene rings is 2. The standard InChI is InChI=1S/C23H28O5/c1-22(2,3)15-12-17(19(24)18(13-15)23(4,5)6)21(26)28-16-10-8-14(9-11-16)20(25)27-7/h8-13,24H,1-7H3. The van der Waals surface area contributed by atoms with E-state index in [4.69, 9.17) is 4.74 Å². The number of carbonyl (C=O) groups excluding carboxylic acids is 2. The highest BCUT2D eigenvalue weighted by Gasteiger charge is 2.28. The van der Waals surface area contributed by atoms with Crippen molar-refractivity contribution < 1.29 is 24.2 Å². The molecule has 0 aliphatic heterocycles. The Labute approximate surface area is 166 Å². The fourth-order valence-corrected chi connectivity index (χ4v) is 2.73. The highest BCUT2D eigenvalue weighted by atomic mass is 16.5. The SMILES string of the molecule is COC(=O)c1ccc(OC(=O)c2cc(C(C)(C)C)cc(C(C)(C)C)c2O)cc1. The van der Waals surface area contributed by atoms with E-state index in [1.165, 1.54) is 31.4 Å². The van der Waals surface area contributed by atoms with E-state index in [0.29, 0.717) is 11.1 Å². The maximum absolute atomic E-state index is 12.8. The third kappa shape index (κ3) is 4.71. The van der Waals surface area contributed by atoms with Crippen LogP contribution >= 0.6 is 0 Å². The summed E-state index contributed by atoms with van der Waals surface area (Å²) in [5, 5.41) is 10.7. The van der Waals surface area contributed by atoms with Crippen LogP contribution in [-0.2, 0) is 15.6 Å². The van der Waals surface area contributed by atoms with Crippen LogP contribution in [0.4, 0.5) is 0 Å². The molecule has 0 saturated heterocycles. The summed E-state index contributed by atoms with van der Waals surface area (Å²) in [6, 6.07) is 9.67. The Morgan fingerprint density at radius 3 is 1.89 bits per heavy atom. The van der Waals surface area contributed by atoms with Crippen molar-refractivity contribution in [2.45, 2.75) is 52.4 Å². The Balaban J connectivity index is 2.43. The molecule has 0 aliphatic carbocycles. The minimum absolute atomic E-state index is 0.0725. The molecule has 5 heteroatoms. The van der Waals surface area contributed by atoms with Gasteiger partial charge in [0.15, 0.2) is 0 Å². The summed E-state index contributed by atoms with van der Waals surface area (Å²) in [4.78, 5) is 24.3. The van der Waals surface area contributed by atoms with Crippen molar-refractivity contribution in [2.75, 3.05) is 7.11 Å². The molecular formula is C23H28O5. The van der Waals surface area contributed by atoms with Gasteiger partial charge in [-0.25, -0.2) is 9.59 Å². The molecule has 0 atom stereocenters. The fraction of sp³-hybridized carbons (Fsp3) is 0.391. The Morgan fingerprint density at radius 1 is 0.857 bits per heavy atom. The molecule has 0 fully saturated rings. The molecule has 2 rings (SSSR count). The van der Waals surface area contributed by atoms with E-state index in [9.17, 15) is 14.7 Å². The quantitative estimate of drug-likeness (QED) is 0.596. The monoisotopic (exact) mass is 384 g/mol. The molecule has 0 amide bonds. The van der Waals surface area contributed by atoms with Crippen molar-refractivity contribution in [3.8, 4) is 11.5 Å². The van der Waals surface area contributed by atoms with Gasteiger partial charge in [-0.05, 0) is 46.7 Å². The van der Waals surface area contributed by atoms with E-state index in [2.05, 4.69) is 4.74 Å². The molecular weight excluding hydrogens is 356 g/mol. The molecule has 0 unspecified atom stereocenters. The smallest absolute Gasteiger partial charge is 0.347 e. The summed E-state index contributed by atoms with van der Waals surface area (Å²) in [5.74, 6) is -0.921. The first-order valence-electron chi connectivity index (χ1n) is 9.13. The number of hydrogen-bond donors (Lipinski definition) is 1. The number of hydrogen-bond acceptors (Lipinski definition) is 5. The van der Waals surface area contributed by atoms with Gasteiger partial charge in [-0.2, -0.15) is 0 Å². The lowest BCUT2D eigenvalue weighted by Crippen LogP contribution is -2.20. The predicted molar refractivity (Wildman–Crippen MR) is 108 cm³/mol. The second kappa shape index (κ2) is 7.66. The highest BCUT2D eigenvalue weighted by Crippen LogP contribution is 2.38. The van der Waals surface area contributed by atoms with Crippen LogP contribution < -0.4 is 4.74 Å². The zero-order valence-electron chi connectivity index (χ0n) is 17.5. The Hall–Kier alpha value is -2.82. The lowest BCUT2D eigenvalue weighted by atomic mass is 9.79. The summed E-state index contributed by atoms with van der Waals surface area (Å²) in [6.07, 6.45) is 0. The van der Waals surface area contributed by atoms with Gasteiger partial charge in [-0.3, -0.25) is 0 Å². The molecule has 0 saturated carbocycles. The van der Waals surface area contributed by atoms with E-state index >= 15 is 0 Å². The highest BCUT2D eigenvalue weighted by molar-refractivity contribution is 5.95. The van der Waals surface area contributed by atoms with Crippen LogP contribution in [0.5, 0.6) is 11.5 Å². The van der Waals surface area contributed by atoms with Crippen molar-refractivity contribution in [3.63, 3.8) is 0 Å². The molecule has 0 heterocycles. The van der Waals surface area contributed by atoms with Gasteiger partial charge >= 0.3 is 11.9 Å². The second-order valence-electron chi connectivity index (χ2n) is 8.83. The van der Waals surface area contributed by atoms with E-state index in [1.54, 1.807) is 6.07 Å². The van der Waals surface area contributed by atoms with Crippen molar-refractivity contribution in [2.24, 2.45) is 0 Å². The summed E-state index contributed by atoms with van der Waals surface area (Å²) in [6.45, 7) is 12.1. The van der Waals surface area contributed by atoms with Gasteiger partial charge in [0, 0.05) is 5.56 Å². The topological polar surface area (TPSA) is 72.8 Å². The Bertz CT molecular complexity index is 881. The fourth-order valence-electron chi connectivity index (χ4n) is 2.73. The zero-order valence-corrected chi connectivity index (χ0v) is 17.5. The van der Waals surface area contributed by atoms with Crippen LogP contribution in [0.25, 0.3) is 0 Å². The van der Waals surface area contributed by atoms with Crippen LogP contribution in [0.15, 0.2) is 36.4 Å². The minimum atomic E-state index is -0.653. The number of phenolic OH excluding ortho intramolecular Hbond substituents is 1. The molecule has 150 valence electrons. The lowest BCUT2D eigenvalue weighted by molar-refractivity contribution is 0.0600. The number of phenols is 1. The van der Waals surface area contributed by atoms with Crippen LogP contribution in [0, 0.1) is 0 Å². The molecule has 1 N–H and O–H groups in total. The van der Waals surface area contributed by atoms with Gasteiger partial charge in [0.25, 0.3) is 0 Å². The van der Waals surface area contributed by atoms with E-state index in [1.807, 2.05) is 47.6 Å². The maximum Gasteiger partial charge on any atom is 0.347 e. The third-order valence-corrected chi connectivity index (χ3v) is 4.49. The van der Waals surface area contributed by atoms with E-state index in [0.717, 1.165) is 5.56 Å². The van der Waals surface area contributed by atoms with Gasteiger partial charge in [0.2, 0.25) is 0 Å². The number of methoxy groups -OCH3 is 1. The average Bonchev–Trinajstić information content (AvgIpc) is 2.59. The first kappa shape index (κ1) is 21.5. The molecule has 0 aliphatic rings.